The molecule has 0 aliphatic heterocycles. The van der Waals surface area contributed by atoms with Crippen molar-refractivity contribution in [2.45, 2.75) is 38.4 Å². The molecule has 0 aliphatic rings. The summed E-state index contributed by atoms with van der Waals surface area (Å²) < 4.78 is 1.81. The maximum Gasteiger partial charge on any atom is 0.323 e. The Balaban J connectivity index is 2.08. The van der Waals surface area contributed by atoms with Crippen LogP contribution in [0.2, 0.25) is 0 Å². The van der Waals surface area contributed by atoms with Gasteiger partial charge in [0.1, 0.15) is 12.9 Å². The Morgan fingerprint density at radius 2 is 2.00 bits per heavy atom. The van der Waals surface area contributed by atoms with Crippen LogP contribution in [0, 0.1) is 6.92 Å². The molecule has 0 bridgehead atoms. The molecule has 134 valence electrons. The first-order valence-electron chi connectivity index (χ1n) is 8.03. The van der Waals surface area contributed by atoms with Gasteiger partial charge in [0.15, 0.2) is 5.16 Å². The van der Waals surface area contributed by atoms with Gasteiger partial charge in [-0.15, -0.1) is 10.2 Å². The van der Waals surface area contributed by atoms with Crippen LogP contribution in [0.5, 0.6) is 0 Å². The molecule has 2 rings (SSSR count). The molecule has 1 amide bonds. The summed E-state index contributed by atoms with van der Waals surface area (Å²) in [5.41, 5.74) is 2.06. The Morgan fingerprint density at radius 1 is 1.32 bits per heavy atom. The van der Waals surface area contributed by atoms with E-state index in [1.54, 1.807) is 6.33 Å². The maximum atomic E-state index is 12.5. The Morgan fingerprint density at radius 3 is 2.60 bits per heavy atom. The van der Waals surface area contributed by atoms with Crippen molar-refractivity contribution in [2.24, 2.45) is 0 Å². The second-order valence-corrected chi connectivity index (χ2v) is 6.72. The Hall–Kier alpha value is -2.35. The molecular weight excluding hydrogens is 340 g/mol. The van der Waals surface area contributed by atoms with Gasteiger partial charge in [-0.25, -0.2) is 0 Å². The Labute approximate surface area is 151 Å². The zero-order chi connectivity index (χ0) is 18.4. The number of carboxylic acids is 1. The van der Waals surface area contributed by atoms with E-state index < -0.39 is 5.97 Å². The van der Waals surface area contributed by atoms with Crippen LogP contribution in [-0.2, 0) is 9.59 Å². The number of aromatic nitrogens is 3. The highest BCUT2D eigenvalue weighted by Gasteiger charge is 2.22. The Kier molecular flexibility index (Phi) is 6.58. The highest BCUT2D eigenvalue weighted by molar-refractivity contribution is 7.99. The third-order valence-electron chi connectivity index (χ3n) is 3.90. The number of aliphatic carboxylic acids is 1. The van der Waals surface area contributed by atoms with E-state index in [1.165, 1.54) is 16.7 Å². The Bertz CT molecular complexity index is 730. The molecule has 0 radical (unpaired) electrons. The van der Waals surface area contributed by atoms with Gasteiger partial charge in [-0.2, -0.15) is 0 Å². The van der Waals surface area contributed by atoms with Crippen LogP contribution in [0.3, 0.4) is 0 Å². The van der Waals surface area contributed by atoms with E-state index in [0.29, 0.717) is 11.6 Å². The summed E-state index contributed by atoms with van der Waals surface area (Å²) in [4.78, 5) is 24.8. The predicted octanol–water partition coefficient (Wildman–Crippen LogP) is 2.38. The first kappa shape index (κ1) is 19.0. The van der Waals surface area contributed by atoms with Crippen LogP contribution in [0.1, 0.15) is 25.8 Å². The third kappa shape index (κ3) is 5.06. The summed E-state index contributed by atoms with van der Waals surface area (Å²) in [7, 11) is 0. The lowest BCUT2D eigenvalue weighted by Crippen LogP contribution is -2.42. The fourth-order valence-corrected chi connectivity index (χ4v) is 3.09. The minimum absolute atomic E-state index is 0.113. The van der Waals surface area contributed by atoms with Gasteiger partial charge in [-0.1, -0.05) is 36.4 Å². The molecular formula is C17H22N4O3S. The molecule has 7 nitrogen and oxygen atoms in total. The predicted molar refractivity (Wildman–Crippen MR) is 95.9 cm³/mol. The molecule has 0 fully saturated rings. The first-order chi connectivity index (χ1) is 11.9. The van der Waals surface area contributed by atoms with Crippen molar-refractivity contribution in [3.8, 4) is 5.69 Å². The average Bonchev–Trinajstić information content (AvgIpc) is 3.06. The second-order valence-electron chi connectivity index (χ2n) is 5.78. The normalized spacial score (nSPS) is 12.0. The lowest BCUT2D eigenvalue weighted by molar-refractivity contribution is -0.144. The van der Waals surface area contributed by atoms with Crippen LogP contribution in [0.4, 0.5) is 0 Å². The van der Waals surface area contributed by atoms with E-state index >= 15 is 0 Å². The number of nitrogens with zero attached hydrogens (tertiary/aromatic N) is 4. The monoisotopic (exact) mass is 362 g/mol. The van der Waals surface area contributed by atoms with Crippen LogP contribution in [0.15, 0.2) is 35.7 Å². The zero-order valence-corrected chi connectivity index (χ0v) is 15.4. The van der Waals surface area contributed by atoms with Gasteiger partial charge in [0.2, 0.25) is 5.91 Å². The number of carbonyl (C=O) groups is 2. The van der Waals surface area contributed by atoms with Gasteiger partial charge in [0.05, 0.1) is 5.75 Å². The van der Waals surface area contributed by atoms with Crippen molar-refractivity contribution in [3.63, 3.8) is 0 Å². The molecule has 1 aromatic heterocycles. The van der Waals surface area contributed by atoms with Gasteiger partial charge in [0, 0.05) is 11.7 Å². The lowest BCUT2D eigenvalue weighted by Gasteiger charge is -2.26. The fourth-order valence-electron chi connectivity index (χ4n) is 2.27. The summed E-state index contributed by atoms with van der Waals surface area (Å²) in [5.74, 6) is -1.12. The lowest BCUT2D eigenvalue weighted by atomic mass is 10.2. The number of rotatable bonds is 8. The van der Waals surface area contributed by atoms with Crippen molar-refractivity contribution in [1.82, 2.24) is 19.7 Å². The van der Waals surface area contributed by atoms with Gasteiger partial charge in [-0.3, -0.25) is 14.2 Å². The average molecular weight is 362 g/mol. The molecule has 1 aromatic carbocycles. The van der Waals surface area contributed by atoms with Crippen molar-refractivity contribution in [3.05, 3.63) is 36.2 Å². The molecule has 0 aliphatic carbocycles. The van der Waals surface area contributed by atoms with Crippen molar-refractivity contribution < 1.29 is 14.7 Å². The standard InChI is InChI=1S/C17H22N4O3S/c1-4-13(3)20(9-16(23)24)15(22)10-25-17-19-18-11-21(17)14-7-5-12(2)6-8-14/h5-8,11,13H,4,9-10H2,1-3H3,(H,23,24). The van der Waals surface area contributed by atoms with Crippen molar-refractivity contribution >= 4 is 23.6 Å². The number of benzene rings is 1. The summed E-state index contributed by atoms with van der Waals surface area (Å²) in [6.07, 6.45) is 2.30. The summed E-state index contributed by atoms with van der Waals surface area (Å²) in [6.45, 7) is 5.49. The van der Waals surface area contributed by atoms with E-state index in [0.717, 1.165) is 11.3 Å². The van der Waals surface area contributed by atoms with E-state index in [2.05, 4.69) is 10.2 Å². The van der Waals surface area contributed by atoms with Crippen molar-refractivity contribution in [2.75, 3.05) is 12.3 Å². The number of aryl methyl sites for hydroxylation is 1. The minimum atomic E-state index is -1.01. The molecule has 0 saturated heterocycles. The fraction of sp³-hybridized carbons (Fsp3) is 0.412. The second kappa shape index (κ2) is 8.66. The molecule has 0 saturated carbocycles. The van der Waals surface area contributed by atoms with Crippen LogP contribution in [-0.4, -0.2) is 55.0 Å². The van der Waals surface area contributed by atoms with Gasteiger partial charge in [0.25, 0.3) is 0 Å². The van der Waals surface area contributed by atoms with E-state index in [4.69, 9.17) is 5.11 Å². The van der Waals surface area contributed by atoms with Crippen molar-refractivity contribution in [1.29, 1.82) is 0 Å². The first-order valence-corrected chi connectivity index (χ1v) is 9.02. The third-order valence-corrected chi connectivity index (χ3v) is 4.83. The highest BCUT2D eigenvalue weighted by atomic mass is 32.2. The number of hydrogen-bond donors (Lipinski definition) is 1. The van der Waals surface area contributed by atoms with E-state index in [1.807, 2.05) is 49.6 Å². The molecule has 8 heteroatoms. The van der Waals surface area contributed by atoms with Crippen LogP contribution < -0.4 is 0 Å². The number of hydrogen-bond acceptors (Lipinski definition) is 5. The van der Waals surface area contributed by atoms with Crippen LogP contribution in [0.25, 0.3) is 5.69 Å². The molecule has 2 aromatic rings. The molecule has 0 spiro atoms. The smallest absolute Gasteiger partial charge is 0.323 e. The van der Waals surface area contributed by atoms with Gasteiger partial charge in [-0.05, 0) is 32.4 Å². The minimum Gasteiger partial charge on any atom is -0.480 e. The topological polar surface area (TPSA) is 88.3 Å². The molecule has 1 N–H and O–H groups in total. The summed E-state index contributed by atoms with van der Waals surface area (Å²) in [5, 5.41) is 17.6. The SMILES string of the molecule is CCC(C)N(CC(=O)O)C(=O)CSc1nncn1-c1ccc(C)cc1. The zero-order valence-electron chi connectivity index (χ0n) is 14.5. The maximum absolute atomic E-state index is 12.5. The number of carbonyl (C=O) groups excluding carboxylic acids is 1. The molecule has 1 unspecified atom stereocenters. The molecule has 1 atom stereocenters. The summed E-state index contributed by atoms with van der Waals surface area (Å²) >= 11 is 1.25. The van der Waals surface area contributed by atoms with E-state index in [-0.39, 0.29) is 24.2 Å². The van der Waals surface area contributed by atoms with Gasteiger partial charge >= 0.3 is 5.97 Å². The largest absolute Gasteiger partial charge is 0.480 e. The molecule has 25 heavy (non-hydrogen) atoms. The number of amides is 1. The molecule has 1 heterocycles. The number of thioether (sulfide) groups is 1. The van der Waals surface area contributed by atoms with Gasteiger partial charge < -0.3 is 10.0 Å². The number of carboxylic acid groups (broad SMARTS) is 1. The quantitative estimate of drug-likeness (QED) is 0.726. The van der Waals surface area contributed by atoms with E-state index in [9.17, 15) is 9.59 Å². The highest BCUT2D eigenvalue weighted by Crippen LogP contribution is 2.20. The summed E-state index contributed by atoms with van der Waals surface area (Å²) in [6, 6.07) is 7.78. The van der Waals surface area contributed by atoms with Crippen LogP contribution >= 0.6 is 11.8 Å².